The predicted molar refractivity (Wildman–Crippen MR) is 119 cm³/mol. The van der Waals surface area contributed by atoms with Gasteiger partial charge in [-0.15, -0.1) is 0 Å². The number of nitrogens with one attached hydrogen (secondary N) is 1. The Labute approximate surface area is 173 Å². The van der Waals surface area contributed by atoms with Crippen LogP contribution in [0.5, 0.6) is 5.88 Å². The molecule has 2 heterocycles. The summed E-state index contributed by atoms with van der Waals surface area (Å²) < 4.78 is 5.73. The highest BCUT2D eigenvalue weighted by Gasteiger charge is 2.07. The molecule has 3 aromatic rings. The van der Waals surface area contributed by atoms with Crippen LogP contribution in [0.1, 0.15) is 26.7 Å². The van der Waals surface area contributed by atoms with Crippen molar-refractivity contribution < 1.29 is 4.74 Å². The van der Waals surface area contributed by atoms with Crippen LogP contribution in [-0.2, 0) is 0 Å². The molecule has 0 bridgehead atoms. The minimum Gasteiger partial charge on any atom is -0.478 e. The van der Waals surface area contributed by atoms with E-state index >= 15 is 0 Å². The Kier molecular flexibility index (Phi) is 7.36. The van der Waals surface area contributed by atoms with Gasteiger partial charge in [0.1, 0.15) is 12.1 Å². The quantitative estimate of drug-likeness (QED) is 0.513. The zero-order valence-electron chi connectivity index (χ0n) is 17.9. The van der Waals surface area contributed by atoms with Crippen LogP contribution in [0.3, 0.4) is 0 Å². The maximum absolute atomic E-state index is 5.73. The average molecular weight is 394 g/mol. The van der Waals surface area contributed by atoms with Gasteiger partial charge in [-0.3, -0.25) is 0 Å². The van der Waals surface area contributed by atoms with E-state index < -0.39 is 0 Å². The van der Waals surface area contributed by atoms with Gasteiger partial charge < -0.3 is 15.0 Å². The third-order valence-corrected chi connectivity index (χ3v) is 4.72. The molecule has 0 unspecified atom stereocenters. The summed E-state index contributed by atoms with van der Waals surface area (Å²) in [6.45, 7) is 7.02. The highest BCUT2D eigenvalue weighted by Crippen LogP contribution is 2.27. The smallest absolute Gasteiger partial charge is 0.213 e. The molecule has 3 rings (SSSR count). The van der Waals surface area contributed by atoms with Gasteiger partial charge in [0, 0.05) is 36.3 Å². The van der Waals surface area contributed by atoms with E-state index in [1.807, 2.05) is 24.4 Å². The van der Waals surface area contributed by atoms with Gasteiger partial charge in [-0.05, 0) is 56.6 Å². The third-order valence-electron chi connectivity index (χ3n) is 4.72. The third kappa shape index (κ3) is 6.12. The zero-order valence-corrected chi connectivity index (χ0v) is 17.9. The summed E-state index contributed by atoms with van der Waals surface area (Å²) in [6, 6.07) is 10.2. The van der Waals surface area contributed by atoms with Crippen LogP contribution in [0.25, 0.3) is 22.0 Å². The monoisotopic (exact) mass is 393 g/mol. The van der Waals surface area contributed by atoms with Gasteiger partial charge in [0.2, 0.25) is 5.88 Å². The van der Waals surface area contributed by atoms with Crippen molar-refractivity contribution in [3.63, 3.8) is 0 Å². The van der Waals surface area contributed by atoms with Crippen molar-refractivity contribution >= 4 is 16.7 Å². The van der Waals surface area contributed by atoms with E-state index in [9.17, 15) is 0 Å². The number of hydrogen-bond donors (Lipinski definition) is 1. The second-order valence-electron chi connectivity index (χ2n) is 7.95. The summed E-state index contributed by atoms with van der Waals surface area (Å²) in [5, 5.41) is 4.48. The number of benzene rings is 1. The van der Waals surface area contributed by atoms with Gasteiger partial charge in [0.15, 0.2) is 0 Å². The molecule has 0 aliphatic carbocycles. The Morgan fingerprint density at radius 1 is 1.03 bits per heavy atom. The van der Waals surface area contributed by atoms with E-state index in [4.69, 9.17) is 4.74 Å². The van der Waals surface area contributed by atoms with E-state index in [0.29, 0.717) is 18.4 Å². The van der Waals surface area contributed by atoms with Crippen LogP contribution < -0.4 is 10.1 Å². The number of ether oxygens (including phenoxy) is 1. The Balaban J connectivity index is 1.72. The molecule has 0 spiro atoms. The first-order valence-corrected chi connectivity index (χ1v) is 10.3. The summed E-state index contributed by atoms with van der Waals surface area (Å²) in [7, 11) is 4.12. The topological polar surface area (TPSA) is 63.2 Å². The first-order chi connectivity index (χ1) is 14.0. The van der Waals surface area contributed by atoms with Crippen molar-refractivity contribution in [1.82, 2.24) is 19.9 Å². The molecule has 1 N–H and O–H groups in total. The van der Waals surface area contributed by atoms with E-state index in [1.165, 1.54) is 0 Å². The molecule has 1 aromatic carbocycles. The van der Waals surface area contributed by atoms with Crippen LogP contribution in [0.2, 0.25) is 0 Å². The molecule has 0 fully saturated rings. The fourth-order valence-electron chi connectivity index (χ4n) is 3.05. The van der Waals surface area contributed by atoms with Gasteiger partial charge in [0.25, 0.3) is 0 Å². The molecule has 29 heavy (non-hydrogen) atoms. The molecular formula is C23H31N5O. The molecular weight excluding hydrogens is 362 g/mol. The molecule has 0 aliphatic heterocycles. The lowest BCUT2D eigenvalue weighted by atomic mass is 10.1. The highest BCUT2D eigenvalue weighted by molar-refractivity contribution is 5.92. The number of pyridine rings is 1. The summed E-state index contributed by atoms with van der Waals surface area (Å²) in [6.07, 6.45) is 5.56. The molecule has 6 heteroatoms. The second kappa shape index (κ2) is 10.2. The first-order valence-electron chi connectivity index (χ1n) is 10.3. The van der Waals surface area contributed by atoms with E-state index in [1.54, 1.807) is 6.33 Å². The first kappa shape index (κ1) is 21.0. The number of fused-ring (bicyclic) bond motifs is 1. The van der Waals surface area contributed by atoms with Gasteiger partial charge in [0.05, 0.1) is 12.1 Å². The van der Waals surface area contributed by atoms with Crippen molar-refractivity contribution in [3.8, 4) is 17.0 Å². The van der Waals surface area contributed by atoms with E-state index in [-0.39, 0.29) is 0 Å². The lowest BCUT2D eigenvalue weighted by molar-refractivity contribution is 0.273. The van der Waals surface area contributed by atoms with E-state index in [2.05, 4.69) is 65.2 Å². The van der Waals surface area contributed by atoms with Crippen molar-refractivity contribution in [3.05, 3.63) is 42.9 Å². The number of nitrogens with zero attached hydrogens (tertiary/aromatic N) is 4. The molecule has 0 amide bonds. The fourth-order valence-corrected chi connectivity index (χ4v) is 3.05. The normalized spacial score (nSPS) is 11.4. The standard InChI is InChI=1S/C23H31N5O/c1-17(2)10-11-24-23-20-14-18(6-8-21(20)26-16-27-23)19-7-9-22(25-15-19)29-13-5-12-28(3)4/h6-9,14-17H,5,10-13H2,1-4H3,(H,24,26,27). The molecule has 6 nitrogen and oxygen atoms in total. The minimum atomic E-state index is 0.654. The van der Waals surface area contributed by atoms with Crippen molar-refractivity contribution in [2.24, 2.45) is 5.92 Å². The van der Waals surface area contributed by atoms with Crippen molar-refractivity contribution in [2.45, 2.75) is 26.7 Å². The number of rotatable bonds is 10. The van der Waals surface area contributed by atoms with Crippen molar-refractivity contribution in [1.29, 1.82) is 0 Å². The average Bonchev–Trinajstić information content (AvgIpc) is 2.71. The van der Waals surface area contributed by atoms with Crippen LogP contribution in [0, 0.1) is 5.92 Å². The number of anilines is 1. The Bertz CT molecular complexity index is 909. The predicted octanol–water partition coefficient (Wildman–Crippen LogP) is 4.48. The van der Waals surface area contributed by atoms with Gasteiger partial charge in [-0.1, -0.05) is 19.9 Å². The Hall–Kier alpha value is -2.73. The molecule has 0 radical (unpaired) electrons. The van der Waals surface area contributed by atoms with Crippen LogP contribution >= 0.6 is 0 Å². The second-order valence-corrected chi connectivity index (χ2v) is 7.95. The maximum Gasteiger partial charge on any atom is 0.213 e. The molecule has 0 atom stereocenters. The molecule has 0 aliphatic rings. The fraction of sp³-hybridized carbons (Fsp3) is 0.435. The van der Waals surface area contributed by atoms with Gasteiger partial charge in [-0.2, -0.15) is 0 Å². The van der Waals surface area contributed by atoms with Crippen LogP contribution in [-0.4, -0.2) is 53.6 Å². The number of hydrogen-bond acceptors (Lipinski definition) is 6. The molecule has 154 valence electrons. The molecule has 0 saturated heterocycles. The summed E-state index contributed by atoms with van der Waals surface area (Å²) in [5.41, 5.74) is 3.07. The maximum atomic E-state index is 5.73. The number of aromatic nitrogens is 3. The molecule has 0 saturated carbocycles. The minimum absolute atomic E-state index is 0.654. The highest BCUT2D eigenvalue weighted by atomic mass is 16.5. The summed E-state index contributed by atoms with van der Waals surface area (Å²) in [4.78, 5) is 15.5. The Morgan fingerprint density at radius 3 is 2.59 bits per heavy atom. The van der Waals surface area contributed by atoms with Crippen molar-refractivity contribution in [2.75, 3.05) is 39.1 Å². The van der Waals surface area contributed by atoms with E-state index in [0.717, 1.165) is 53.8 Å². The zero-order chi connectivity index (χ0) is 20.6. The lowest BCUT2D eigenvalue weighted by Crippen LogP contribution is -2.15. The summed E-state index contributed by atoms with van der Waals surface area (Å²) in [5.74, 6) is 2.19. The van der Waals surface area contributed by atoms with Gasteiger partial charge >= 0.3 is 0 Å². The Morgan fingerprint density at radius 2 is 1.86 bits per heavy atom. The molecule has 2 aromatic heterocycles. The van der Waals surface area contributed by atoms with Crippen LogP contribution in [0.15, 0.2) is 42.9 Å². The van der Waals surface area contributed by atoms with Crippen LogP contribution in [0.4, 0.5) is 5.82 Å². The SMILES string of the molecule is CC(C)CCNc1ncnc2ccc(-c3ccc(OCCCN(C)C)nc3)cc12. The largest absolute Gasteiger partial charge is 0.478 e. The lowest BCUT2D eigenvalue weighted by Gasteiger charge is -2.11. The summed E-state index contributed by atoms with van der Waals surface area (Å²) >= 11 is 0. The van der Waals surface area contributed by atoms with Gasteiger partial charge in [-0.25, -0.2) is 15.0 Å².